The number of aromatic nitrogens is 2. The van der Waals surface area contributed by atoms with Crippen LogP contribution in [-0.4, -0.2) is 21.1 Å². The van der Waals surface area contributed by atoms with Crippen molar-refractivity contribution in [1.82, 2.24) is 9.38 Å². The minimum atomic E-state index is -0.510. The van der Waals surface area contributed by atoms with Crippen LogP contribution >= 0.6 is 27.3 Å². The molecule has 0 saturated heterocycles. The van der Waals surface area contributed by atoms with Crippen molar-refractivity contribution in [2.24, 2.45) is 0 Å². The van der Waals surface area contributed by atoms with Crippen LogP contribution in [0.1, 0.15) is 20.8 Å². The molecule has 0 aliphatic heterocycles. The van der Waals surface area contributed by atoms with Crippen molar-refractivity contribution < 1.29 is 9.53 Å². The van der Waals surface area contributed by atoms with E-state index in [4.69, 9.17) is 4.74 Å². The largest absolute Gasteiger partial charge is 0.444 e. The average Bonchev–Trinajstić information content (AvgIpc) is 2.56. The third kappa shape index (κ3) is 3.19. The number of hydrogen-bond donors (Lipinski definition) is 1. The van der Waals surface area contributed by atoms with Crippen molar-refractivity contribution >= 4 is 44.1 Å². The Morgan fingerprint density at radius 1 is 1.53 bits per heavy atom. The van der Waals surface area contributed by atoms with Gasteiger partial charge in [-0.2, -0.15) is 0 Å². The third-order valence-corrected chi connectivity index (χ3v) is 3.23. The predicted octanol–water partition coefficient (Wildman–Crippen LogP) is 3.51. The Kier molecular flexibility index (Phi) is 3.13. The molecule has 0 unspecified atom stereocenters. The number of imidazole rings is 1. The first-order valence-electron chi connectivity index (χ1n) is 4.97. The first-order chi connectivity index (χ1) is 7.83. The minimum absolute atomic E-state index is 0.484. The first-order valence-corrected chi connectivity index (χ1v) is 6.58. The molecule has 2 aromatic rings. The highest BCUT2D eigenvalue weighted by molar-refractivity contribution is 9.11. The van der Waals surface area contributed by atoms with Gasteiger partial charge < -0.3 is 4.74 Å². The van der Waals surface area contributed by atoms with Crippen molar-refractivity contribution in [3.8, 4) is 0 Å². The Morgan fingerprint density at radius 3 is 2.82 bits per heavy atom. The van der Waals surface area contributed by atoms with Gasteiger partial charge >= 0.3 is 6.09 Å². The molecule has 0 atom stereocenters. The highest BCUT2D eigenvalue weighted by Crippen LogP contribution is 2.24. The summed E-state index contributed by atoms with van der Waals surface area (Å²) in [6, 6.07) is 0. The smallest absolute Gasteiger partial charge is 0.413 e. The molecule has 0 aliphatic rings. The summed E-state index contributed by atoms with van der Waals surface area (Å²) in [6.07, 6.45) is 3.12. The number of rotatable bonds is 1. The number of nitrogens with one attached hydrogen (secondary N) is 1. The SMILES string of the molecule is CC(C)(C)OC(=O)Nc1cn2cc(Br)sc2n1. The number of carbonyl (C=O) groups is 1. The molecule has 0 aromatic carbocycles. The standard InChI is InChI=1S/C10H12BrN3O2S/c1-10(2,3)16-9(15)13-7-5-14-4-6(11)17-8(14)12-7/h4-5H,1-3H3,(H,13,15). The average molecular weight is 318 g/mol. The zero-order valence-electron chi connectivity index (χ0n) is 9.65. The zero-order chi connectivity index (χ0) is 12.6. The van der Waals surface area contributed by atoms with E-state index in [1.54, 1.807) is 6.20 Å². The lowest BCUT2D eigenvalue weighted by atomic mass is 10.2. The number of halogens is 1. The van der Waals surface area contributed by atoms with E-state index in [0.29, 0.717) is 5.82 Å². The lowest BCUT2D eigenvalue weighted by Gasteiger charge is -2.18. The fourth-order valence-corrected chi connectivity index (χ4v) is 2.59. The van der Waals surface area contributed by atoms with E-state index < -0.39 is 11.7 Å². The molecule has 0 radical (unpaired) electrons. The van der Waals surface area contributed by atoms with Gasteiger partial charge in [0, 0.05) is 6.20 Å². The molecular weight excluding hydrogens is 306 g/mol. The van der Waals surface area contributed by atoms with Crippen molar-refractivity contribution in [3.05, 3.63) is 16.2 Å². The van der Waals surface area contributed by atoms with Gasteiger partial charge in [-0.15, -0.1) is 0 Å². The molecule has 0 aliphatic carbocycles. The van der Waals surface area contributed by atoms with Gasteiger partial charge in [0.05, 0.1) is 9.98 Å². The second-order valence-electron chi connectivity index (χ2n) is 4.48. The van der Waals surface area contributed by atoms with Gasteiger partial charge in [-0.25, -0.2) is 9.78 Å². The van der Waals surface area contributed by atoms with Gasteiger partial charge in [0.2, 0.25) is 0 Å². The number of anilines is 1. The summed E-state index contributed by atoms with van der Waals surface area (Å²) in [5, 5.41) is 2.59. The highest BCUT2D eigenvalue weighted by Gasteiger charge is 2.17. The van der Waals surface area contributed by atoms with Crippen LogP contribution in [0.25, 0.3) is 4.96 Å². The molecule has 0 spiro atoms. The van der Waals surface area contributed by atoms with Crippen LogP contribution < -0.4 is 5.32 Å². The molecule has 1 amide bonds. The summed E-state index contributed by atoms with van der Waals surface area (Å²) < 4.78 is 7.96. The summed E-state index contributed by atoms with van der Waals surface area (Å²) in [5.74, 6) is 0.484. The van der Waals surface area contributed by atoms with Gasteiger partial charge in [0.25, 0.3) is 0 Å². The highest BCUT2D eigenvalue weighted by atomic mass is 79.9. The Balaban J connectivity index is 2.08. The molecule has 2 heterocycles. The molecule has 92 valence electrons. The molecule has 1 N–H and O–H groups in total. The maximum absolute atomic E-state index is 11.5. The Bertz CT molecular complexity index is 524. The van der Waals surface area contributed by atoms with E-state index in [1.165, 1.54) is 11.3 Å². The van der Waals surface area contributed by atoms with Crippen LogP contribution in [0.15, 0.2) is 16.2 Å². The van der Waals surface area contributed by atoms with Crippen LogP contribution in [-0.2, 0) is 4.74 Å². The summed E-state index contributed by atoms with van der Waals surface area (Å²) in [4.78, 5) is 16.6. The lowest BCUT2D eigenvalue weighted by Crippen LogP contribution is -2.27. The van der Waals surface area contributed by atoms with Gasteiger partial charge in [-0.1, -0.05) is 11.3 Å². The monoisotopic (exact) mass is 317 g/mol. The maximum Gasteiger partial charge on any atom is 0.413 e. The predicted molar refractivity (Wildman–Crippen MR) is 70.6 cm³/mol. The van der Waals surface area contributed by atoms with Crippen molar-refractivity contribution in [1.29, 1.82) is 0 Å². The Hall–Kier alpha value is -1.08. The lowest BCUT2D eigenvalue weighted by molar-refractivity contribution is 0.0635. The molecule has 0 fully saturated rings. The molecule has 0 bridgehead atoms. The summed E-state index contributed by atoms with van der Waals surface area (Å²) in [6.45, 7) is 5.44. The minimum Gasteiger partial charge on any atom is -0.444 e. The molecule has 0 saturated carbocycles. The van der Waals surface area contributed by atoms with Crippen molar-refractivity contribution in [3.63, 3.8) is 0 Å². The van der Waals surface area contributed by atoms with Crippen LogP contribution in [0.5, 0.6) is 0 Å². The fraction of sp³-hybridized carbons (Fsp3) is 0.400. The van der Waals surface area contributed by atoms with E-state index in [2.05, 4.69) is 26.2 Å². The molecular formula is C10H12BrN3O2S. The van der Waals surface area contributed by atoms with E-state index in [-0.39, 0.29) is 0 Å². The number of fused-ring (bicyclic) bond motifs is 1. The fourth-order valence-electron chi connectivity index (χ4n) is 1.24. The van der Waals surface area contributed by atoms with Crippen LogP contribution in [0.4, 0.5) is 10.6 Å². The summed E-state index contributed by atoms with van der Waals surface area (Å²) >= 11 is 4.85. The first kappa shape index (κ1) is 12.4. The summed E-state index contributed by atoms with van der Waals surface area (Å²) in [5.41, 5.74) is -0.510. The number of hydrogen-bond acceptors (Lipinski definition) is 4. The van der Waals surface area contributed by atoms with Gasteiger partial charge in [-0.3, -0.25) is 9.72 Å². The molecule has 2 rings (SSSR count). The number of carbonyl (C=O) groups excluding carboxylic acids is 1. The van der Waals surface area contributed by atoms with Gasteiger partial charge in [0.15, 0.2) is 10.8 Å². The Morgan fingerprint density at radius 2 is 2.24 bits per heavy atom. The number of ether oxygens (including phenoxy) is 1. The Labute approximate surface area is 111 Å². The molecule has 17 heavy (non-hydrogen) atoms. The van der Waals surface area contributed by atoms with Crippen LogP contribution in [0.2, 0.25) is 0 Å². The number of amides is 1. The van der Waals surface area contributed by atoms with E-state index in [0.717, 1.165) is 8.75 Å². The second kappa shape index (κ2) is 4.30. The van der Waals surface area contributed by atoms with E-state index in [9.17, 15) is 4.79 Å². The molecule has 5 nitrogen and oxygen atoms in total. The summed E-state index contributed by atoms with van der Waals surface area (Å²) in [7, 11) is 0. The number of thiazole rings is 1. The molecule has 2 aromatic heterocycles. The number of nitrogens with zero attached hydrogens (tertiary/aromatic N) is 2. The second-order valence-corrected chi connectivity index (χ2v) is 6.87. The van der Waals surface area contributed by atoms with E-state index in [1.807, 2.05) is 31.4 Å². The molecule has 7 heteroatoms. The quantitative estimate of drug-likeness (QED) is 0.875. The third-order valence-electron chi connectivity index (χ3n) is 1.76. The topological polar surface area (TPSA) is 55.6 Å². The van der Waals surface area contributed by atoms with Gasteiger partial charge in [0.1, 0.15) is 5.60 Å². The van der Waals surface area contributed by atoms with Crippen LogP contribution in [0, 0.1) is 0 Å². The zero-order valence-corrected chi connectivity index (χ0v) is 12.1. The van der Waals surface area contributed by atoms with Gasteiger partial charge in [-0.05, 0) is 36.7 Å². The van der Waals surface area contributed by atoms with Crippen molar-refractivity contribution in [2.75, 3.05) is 5.32 Å². The maximum atomic E-state index is 11.5. The van der Waals surface area contributed by atoms with Crippen LogP contribution in [0.3, 0.4) is 0 Å². The van der Waals surface area contributed by atoms with E-state index >= 15 is 0 Å². The normalized spacial score (nSPS) is 11.8. The van der Waals surface area contributed by atoms with Crippen molar-refractivity contribution in [2.45, 2.75) is 26.4 Å².